The van der Waals surface area contributed by atoms with Gasteiger partial charge in [-0.15, -0.1) is 0 Å². The van der Waals surface area contributed by atoms with Crippen molar-refractivity contribution in [3.63, 3.8) is 0 Å². The molecule has 1 atom stereocenters. The van der Waals surface area contributed by atoms with Crippen LogP contribution in [0.5, 0.6) is 0 Å². The SMILES string of the molecule is CNc1ncccc1C(=O)NC1CCOC(C)(C)C1. The van der Waals surface area contributed by atoms with Gasteiger partial charge in [-0.3, -0.25) is 4.79 Å². The number of pyridine rings is 1. The summed E-state index contributed by atoms with van der Waals surface area (Å²) in [5.41, 5.74) is 0.408. The highest BCUT2D eigenvalue weighted by Crippen LogP contribution is 2.24. The predicted molar refractivity (Wildman–Crippen MR) is 74.3 cm³/mol. The monoisotopic (exact) mass is 263 g/mol. The van der Waals surface area contributed by atoms with Gasteiger partial charge in [-0.25, -0.2) is 4.98 Å². The lowest BCUT2D eigenvalue weighted by atomic mass is 9.94. The zero-order valence-electron chi connectivity index (χ0n) is 11.7. The molecule has 1 aromatic heterocycles. The smallest absolute Gasteiger partial charge is 0.255 e. The molecule has 2 heterocycles. The van der Waals surface area contributed by atoms with Gasteiger partial charge in [0.2, 0.25) is 0 Å². The number of nitrogens with one attached hydrogen (secondary N) is 2. The summed E-state index contributed by atoms with van der Waals surface area (Å²) in [6.07, 6.45) is 3.35. The molecule has 1 saturated heterocycles. The Bertz CT molecular complexity index is 460. The first kappa shape index (κ1) is 13.8. The van der Waals surface area contributed by atoms with Gasteiger partial charge in [0.1, 0.15) is 5.82 Å². The van der Waals surface area contributed by atoms with Crippen molar-refractivity contribution < 1.29 is 9.53 Å². The fourth-order valence-corrected chi connectivity index (χ4v) is 2.41. The number of amides is 1. The highest BCUT2D eigenvalue weighted by molar-refractivity contribution is 5.98. The molecular formula is C14H21N3O2. The van der Waals surface area contributed by atoms with Gasteiger partial charge in [0.05, 0.1) is 11.2 Å². The van der Waals surface area contributed by atoms with Crippen molar-refractivity contribution in [1.82, 2.24) is 10.3 Å². The summed E-state index contributed by atoms with van der Waals surface area (Å²) in [4.78, 5) is 16.4. The molecule has 0 spiro atoms. The van der Waals surface area contributed by atoms with Gasteiger partial charge < -0.3 is 15.4 Å². The van der Waals surface area contributed by atoms with Crippen LogP contribution < -0.4 is 10.6 Å². The van der Waals surface area contributed by atoms with E-state index in [2.05, 4.69) is 29.5 Å². The van der Waals surface area contributed by atoms with E-state index in [1.165, 1.54) is 0 Å². The van der Waals surface area contributed by atoms with E-state index in [0.717, 1.165) is 12.8 Å². The van der Waals surface area contributed by atoms with Crippen LogP contribution >= 0.6 is 0 Å². The molecule has 1 unspecified atom stereocenters. The fraction of sp³-hybridized carbons (Fsp3) is 0.571. The van der Waals surface area contributed by atoms with Crippen LogP contribution in [0.2, 0.25) is 0 Å². The second-order valence-corrected chi connectivity index (χ2v) is 5.42. The molecule has 2 rings (SSSR count). The summed E-state index contributed by atoms with van der Waals surface area (Å²) in [5.74, 6) is 0.520. The minimum atomic E-state index is -0.170. The molecule has 0 radical (unpaired) electrons. The van der Waals surface area contributed by atoms with Gasteiger partial charge in [-0.2, -0.15) is 0 Å². The summed E-state index contributed by atoms with van der Waals surface area (Å²) >= 11 is 0. The second kappa shape index (κ2) is 5.57. The van der Waals surface area contributed by atoms with Gasteiger partial charge in [0.15, 0.2) is 0 Å². The molecule has 0 aliphatic carbocycles. The molecule has 0 aromatic carbocycles. The van der Waals surface area contributed by atoms with E-state index in [9.17, 15) is 4.79 Å². The average Bonchev–Trinajstić information content (AvgIpc) is 2.37. The molecule has 5 heteroatoms. The quantitative estimate of drug-likeness (QED) is 0.873. The Kier molecular flexibility index (Phi) is 4.04. The molecule has 104 valence electrons. The number of carbonyl (C=O) groups is 1. The van der Waals surface area contributed by atoms with Gasteiger partial charge in [-0.1, -0.05) is 0 Å². The van der Waals surface area contributed by atoms with E-state index in [4.69, 9.17) is 4.74 Å². The predicted octanol–water partition coefficient (Wildman–Crippen LogP) is 1.81. The maximum atomic E-state index is 12.3. The zero-order chi connectivity index (χ0) is 13.9. The van der Waals surface area contributed by atoms with Crippen molar-refractivity contribution in [2.75, 3.05) is 19.0 Å². The van der Waals surface area contributed by atoms with Crippen molar-refractivity contribution in [2.45, 2.75) is 38.3 Å². The topological polar surface area (TPSA) is 63.2 Å². The number of carbonyl (C=O) groups excluding carboxylic acids is 1. The lowest BCUT2D eigenvalue weighted by molar-refractivity contribution is -0.0615. The first-order valence-electron chi connectivity index (χ1n) is 6.59. The van der Waals surface area contributed by atoms with E-state index in [0.29, 0.717) is 18.0 Å². The fourth-order valence-electron chi connectivity index (χ4n) is 2.41. The molecule has 0 saturated carbocycles. The molecule has 19 heavy (non-hydrogen) atoms. The summed E-state index contributed by atoms with van der Waals surface area (Å²) in [6.45, 7) is 4.78. The third-order valence-corrected chi connectivity index (χ3v) is 3.32. The van der Waals surface area contributed by atoms with Crippen molar-refractivity contribution in [3.05, 3.63) is 23.9 Å². The number of hydrogen-bond acceptors (Lipinski definition) is 4. The highest BCUT2D eigenvalue weighted by atomic mass is 16.5. The highest BCUT2D eigenvalue weighted by Gasteiger charge is 2.30. The first-order chi connectivity index (χ1) is 9.02. The van der Waals surface area contributed by atoms with Crippen LogP contribution in [-0.2, 0) is 4.74 Å². The average molecular weight is 263 g/mol. The summed E-state index contributed by atoms with van der Waals surface area (Å²) in [7, 11) is 1.76. The molecule has 1 aliphatic rings. The molecule has 1 aliphatic heterocycles. The number of nitrogens with zero attached hydrogens (tertiary/aromatic N) is 1. The minimum Gasteiger partial charge on any atom is -0.375 e. The van der Waals surface area contributed by atoms with E-state index >= 15 is 0 Å². The molecule has 1 fully saturated rings. The third-order valence-electron chi connectivity index (χ3n) is 3.32. The van der Waals surface area contributed by atoms with Crippen LogP contribution in [0.25, 0.3) is 0 Å². The minimum absolute atomic E-state index is 0.0832. The lowest BCUT2D eigenvalue weighted by Gasteiger charge is -2.35. The van der Waals surface area contributed by atoms with E-state index in [-0.39, 0.29) is 17.6 Å². The normalized spacial score (nSPS) is 21.7. The van der Waals surface area contributed by atoms with Crippen LogP contribution in [0.4, 0.5) is 5.82 Å². The summed E-state index contributed by atoms with van der Waals surface area (Å²) < 4.78 is 5.65. The van der Waals surface area contributed by atoms with E-state index in [1.807, 2.05) is 0 Å². The standard InChI is InChI=1S/C14H21N3O2/c1-14(2)9-10(6-8-19-14)17-13(18)11-5-4-7-16-12(11)15-3/h4-5,7,10H,6,8-9H2,1-3H3,(H,15,16)(H,17,18). The Morgan fingerprint density at radius 3 is 3.00 bits per heavy atom. The maximum Gasteiger partial charge on any atom is 0.255 e. The van der Waals surface area contributed by atoms with Gasteiger partial charge in [0.25, 0.3) is 5.91 Å². The Morgan fingerprint density at radius 2 is 2.32 bits per heavy atom. The third kappa shape index (κ3) is 3.44. The molecule has 1 amide bonds. The Balaban J connectivity index is 2.05. The van der Waals surface area contributed by atoms with Crippen LogP contribution in [0.3, 0.4) is 0 Å². The largest absolute Gasteiger partial charge is 0.375 e. The molecule has 0 bridgehead atoms. The molecule has 1 aromatic rings. The number of ether oxygens (including phenoxy) is 1. The number of rotatable bonds is 3. The molecular weight excluding hydrogens is 242 g/mol. The van der Waals surface area contributed by atoms with E-state index < -0.39 is 0 Å². The zero-order valence-corrected chi connectivity index (χ0v) is 11.7. The first-order valence-corrected chi connectivity index (χ1v) is 6.59. The van der Waals surface area contributed by atoms with Crippen molar-refractivity contribution in [3.8, 4) is 0 Å². The Labute approximate surface area is 113 Å². The lowest BCUT2D eigenvalue weighted by Crippen LogP contribution is -2.45. The number of aromatic nitrogens is 1. The van der Waals surface area contributed by atoms with Crippen LogP contribution in [0.15, 0.2) is 18.3 Å². The van der Waals surface area contributed by atoms with Gasteiger partial charge in [0, 0.05) is 25.9 Å². The van der Waals surface area contributed by atoms with Crippen LogP contribution in [0, 0.1) is 0 Å². The van der Waals surface area contributed by atoms with Crippen molar-refractivity contribution >= 4 is 11.7 Å². The van der Waals surface area contributed by atoms with Gasteiger partial charge >= 0.3 is 0 Å². The second-order valence-electron chi connectivity index (χ2n) is 5.42. The van der Waals surface area contributed by atoms with Crippen LogP contribution in [-0.4, -0.2) is 36.2 Å². The van der Waals surface area contributed by atoms with E-state index in [1.54, 1.807) is 25.4 Å². The summed E-state index contributed by atoms with van der Waals surface area (Å²) in [6, 6.07) is 3.70. The van der Waals surface area contributed by atoms with Crippen molar-refractivity contribution in [2.24, 2.45) is 0 Å². The number of hydrogen-bond donors (Lipinski definition) is 2. The molecule has 5 nitrogen and oxygen atoms in total. The number of anilines is 1. The van der Waals surface area contributed by atoms with Crippen LogP contribution in [0.1, 0.15) is 37.0 Å². The maximum absolute atomic E-state index is 12.3. The van der Waals surface area contributed by atoms with Crippen molar-refractivity contribution in [1.29, 1.82) is 0 Å². The Hall–Kier alpha value is -1.62. The molecule has 2 N–H and O–H groups in total. The summed E-state index contributed by atoms with van der Waals surface area (Å²) in [5, 5.41) is 6.00. The Morgan fingerprint density at radius 1 is 1.53 bits per heavy atom. The van der Waals surface area contributed by atoms with Gasteiger partial charge in [-0.05, 0) is 38.8 Å².